The summed E-state index contributed by atoms with van der Waals surface area (Å²) >= 11 is 6.35. The molecule has 1 saturated heterocycles. The number of anilines is 5. The first-order valence-electron chi connectivity index (χ1n) is 14.9. The van der Waals surface area contributed by atoms with Crippen LogP contribution < -0.4 is 21.3 Å². The third-order valence-corrected chi connectivity index (χ3v) is 7.32. The number of aryl methyl sites for hydroxylation is 2. The maximum atomic E-state index is 12.9. The average Bonchev–Trinajstić information content (AvgIpc) is 3.79. The molecule has 282 valence electrons. The summed E-state index contributed by atoms with van der Waals surface area (Å²) in [6.07, 6.45) is -1.70. The number of hydrogen-bond donors (Lipinski definition) is 6. The Hall–Kier alpha value is -6.19. The predicted octanol–water partition coefficient (Wildman–Crippen LogP) is 5.40. The van der Waals surface area contributed by atoms with E-state index >= 15 is 0 Å². The van der Waals surface area contributed by atoms with Gasteiger partial charge in [0.15, 0.2) is 5.82 Å². The molecule has 6 rings (SSSR count). The minimum absolute atomic E-state index is 0.182. The number of benzene rings is 1. The van der Waals surface area contributed by atoms with Crippen molar-refractivity contribution < 1.29 is 60.3 Å². The molecule has 0 radical (unpaired) electrons. The van der Waals surface area contributed by atoms with Crippen LogP contribution in [0.2, 0.25) is 5.02 Å². The molecule has 0 saturated carbocycles. The van der Waals surface area contributed by atoms with E-state index in [0.717, 1.165) is 22.5 Å². The summed E-state index contributed by atoms with van der Waals surface area (Å²) in [4.78, 5) is 58.0. The van der Waals surface area contributed by atoms with E-state index in [1.165, 1.54) is 18.5 Å². The number of carbonyl (C=O) groups excluding carboxylic acids is 2. The molecule has 0 spiro atoms. The van der Waals surface area contributed by atoms with Gasteiger partial charge in [-0.25, -0.2) is 19.4 Å². The van der Waals surface area contributed by atoms with Crippen LogP contribution in [0, 0.1) is 0 Å². The van der Waals surface area contributed by atoms with Gasteiger partial charge in [0, 0.05) is 42.8 Å². The van der Waals surface area contributed by atoms with Gasteiger partial charge in [-0.3, -0.25) is 9.78 Å². The molecule has 1 atom stereocenters. The second kappa shape index (κ2) is 16.9. The standard InChI is InChI=1S/C26H24ClN9O3.2C2HF3O2/c27-20-13-29-25-32-19-9-15(11-28-12-19)1-2-16-10-17(31-23(20)35-25)3-4-21(16)34-26(38)33-18-6-8-36(14-18)24(37)22-5-7-30-39-22;2*3-2(4,5)1(6)7/h3-5,7,9-13,18H,1-2,6,8,14H2,(H2,33,34,38)(H2,29,31,32,35);2*(H,6,7)/t18-;;/m0../s1. The van der Waals surface area contributed by atoms with Crippen LogP contribution in [-0.2, 0) is 22.4 Å². The minimum Gasteiger partial charge on any atom is -0.475 e. The Balaban J connectivity index is 0.000000381. The first-order valence-corrected chi connectivity index (χ1v) is 15.3. The lowest BCUT2D eigenvalue weighted by Gasteiger charge is -2.18. The highest BCUT2D eigenvalue weighted by molar-refractivity contribution is 6.32. The number of nitrogens with zero attached hydrogens (tertiary/aromatic N) is 5. The van der Waals surface area contributed by atoms with Crippen LogP contribution in [0.4, 0.5) is 60.0 Å². The monoisotopic (exact) mass is 773 g/mol. The number of likely N-dealkylation sites (tertiary alicyclic amines) is 1. The first-order chi connectivity index (χ1) is 24.9. The van der Waals surface area contributed by atoms with Gasteiger partial charge in [0.25, 0.3) is 5.91 Å². The Kier molecular flexibility index (Phi) is 12.6. The molecule has 53 heavy (non-hydrogen) atoms. The second-order valence-corrected chi connectivity index (χ2v) is 11.3. The zero-order chi connectivity index (χ0) is 38.9. The van der Waals surface area contributed by atoms with Crippen molar-refractivity contribution in [3.8, 4) is 0 Å². The minimum atomic E-state index is -5.08. The Labute approximate surface area is 298 Å². The number of alkyl halides is 6. The Morgan fingerprint density at radius 1 is 0.925 bits per heavy atom. The van der Waals surface area contributed by atoms with E-state index in [2.05, 4.69) is 41.4 Å². The van der Waals surface area contributed by atoms with Crippen molar-refractivity contribution in [3.63, 3.8) is 0 Å². The highest BCUT2D eigenvalue weighted by Crippen LogP contribution is 2.29. The molecule has 3 amide bonds. The number of hydrogen-bond acceptors (Lipinski definition) is 11. The number of carboxylic acid groups (broad SMARTS) is 2. The smallest absolute Gasteiger partial charge is 0.475 e. The lowest BCUT2D eigenvalue weighted by Crippen LogP contribution is -2.40. The van der Waals surface area contributed by atoms with Crippen molar-refractivity contribution in [2.75, 3.05) is 29.0 Å². The summed E-state index contributed by atoms with van der Waals surface area (Å²) in [7, 11) is 0. The number of carboxylic acids is 2. The van der Waals surface area contributed by atoms with Crippen LogP contribution in [-0.4, -0.2) is 90.6 Å². The van der Waals surface area contributed by atoms with Gasteiger partial charge in [-0.05, 0) is 54.7 Å². The summed E-state index contributed by atoms with van der Waals surface area (Å²) in [5.74, 6) is -4.73. The summed E-state index contributed by atoms with van der Waals surface area (Å²) < 4.78 is 68.4. The van der Waals surface area contributed by atoms with E-state index in [0.29, 0.717) is 54.8 Å². The summed E-state index contributed by atoms with van der Waals surface area (Å²) in [5, 5.41) is 30.6. The predicted molar refractivity (Wildman–Crippen MR) is 172 cm³/mol. The average molecular weight is 774 g/mol. The normalized spacial score (nSPS) is 14.8. The van der Waals surface area contributed by atoms with Crippen LogP contribution in [0.5, 0.6) is 0 Å². The molecule has 23 heteroatoms. The molecule has 2 aliphatic rings. The fraction of sp³-hybridized carbons (Fsp3) is 0.267. The Bertz CT molecular complexity index is 1920. The fourth-order valence-electron chi connectivity index (χ4n) is 4.64. The largest absolute Gasteiger partial charge is 0.490 e. The molecule has 1 aromatic carbocycles. The number of rotatable bonds is 3. The van der Waals surface area contributed by atoms with Crippen molar-refractivity contribution in [1.29, 1.82) is 0 Å². The van der Waals surface area contributed by atoms with Crippen molar-refractivity contribution in [1.82, 2.24) is 30.3 Å². The number of amides is 3. The van der Waals surface area contributed by atoms with Gasteiger partial charge < -0.3 is 40.9 Å². The van der Waals surface area contributed by atoms with Gasteiger partial charge in [-0.2, -0.15) is 31.3 Å². The number of aliphatic carboxylic acids is 2. The highest BCUT2D eigenvalue weighted by Gasteiger charge is 2.39. The van der Waals surface area contributed by atoms with Crippen LogP contribution in [0.1, 0.15) is 28.1 Å². The van der Waals surface area contributed by atoms with E-state index in [1.54, 1.807) is 11.1 Å². The van der Waals surface area contributed by atoms with E-state index in [4.69, 9.17) is 35.9 Å². The third-order valence-electron chi connectivity index (χ3n) is 7.04. The van der Waals surface area contributed by atoms with Gasteiger partial charge in [0.2, 0.25) is 11.7 Å². The van der Waals surface area contributed by atoms with Gasteiger partial charge in [-0.1, -0.05) is 16.8 Å². The molecule has 4 aromatic rings. The quantitative estimate of drug-likeness (QED) is 0.144. The number of aromatic nitrogens is 4. The molecule has 6 bridgehead atoms. The SMILES string of the molecule is O=C(Nc1ccc2cc1CCc1cncc(c1)Nc1ncc(Cl)c(n1)N2)N[C@H]1CCN(C(=O)c2ccno2)C1.O=C(O)C(F)(F)F.O=C(O)C(F)(F)F. The molecule has 5 heterocycles. The zero-order valence-electron chi connectivity index (χ0n) is 26.6. The van der Waals surface area contributed by atoms with E-state index < -0.39 is 24.3 Å². The highest BCUT2D eigenvalue weighted by atomic mass is 35.5. The number of nitrogens with one attached hydrogen (secondary N) is 4. The van der Waals surface area contributed by atoms with Crippen LogP contribution in [0.25, 0.3) is 0 Å². The Morgan fingerprint density at radius 2 is 1.62 bits per heavy atom. The van der Waals surface area contributed by atoms with Crippen LogP contribution in [0.3, 0.4) is 0 Å². The Morgan fingerprint density at radius 3 is 2.26 bits per heavy atom. The zero-order valence-corrected chi connectivity index (χ0v) is 27.4. The molecule has 16 nitrogen and oxygen atoms in total. The van der Waals surface area contributed by atoms with Crippen LogP contribution >= 0.6 is 11.6 Å². The van der Waals surface area contributed by atoms with E-state index in [9.17, 15) is 35.9 Å². The van der Waals surface area contributed by atoms with Gasteiger partial charge in [0.1, 0.15) is 5.02 Å². The molecule has 3 aromatic heterocycles. The van der Waals surface area contributed by atoms with Gasteiger partial charge in [-0.15, -0.1) is 0 Å². The number of carbonyl (C=O) groups is 4. The molecule has 6 N–H and O–H groups in total. The van der Waals surface area contributed by atoms with E-state index in [1.807, 2.05) is 30.5 Å². The number of pyridine rings is 1. The molecule has 2 aliphatic heterocycles. The van der Waals surface area contributed by atoms with Crippen molar-refractivity contribution >= 4 is 64.3 Å². The van der Waals surface area contributed by atoms with Crippen molar-refractivity contribution in [2.24, 2.45) is 0 Å². The molecule has 0 unspecified atom stereocenters. The number of halogens is 7. The number of fused-ring (bicyclic) bond motifs is 6. The lowest BCUT2D eigenvalue weighted by atomic mass is 10.0. The summed E-state index contributed by atoms with van der Waals surface area (Å²) in [5.41, 5.74) is 4.15. The third kappa shape index (κ3) is 11.7. The number of urea groups is 1. The maximum absolute atomic E-state index is 12.9. The first kappa shape index (κ1) is 39.6. The second-order valence-electron chi connectivity index (χ2n) is 10.9. The van der Waals surface area contributed by atoms with Gasteiger partial charge >= 0.3 is 30.3 Å². The molecule has 0 aliphatic carbocycles. The van der Waals surface area contributed by atoms with Crippen LogP contribution in [0.15, 0.2) is 59.6 Å². The van der Waals surface area contributed by atoms with E-state index in [-0.39, 0.29) is 23.7 Å². The summed E-state index contributed by atoms with van der Waals surface area (Å²) in [6, 6.07) is 8.65. The van der Waals surface area contributed by atoms with Crippen molar-refractivity contribution in [2.45, 2.75) is 37.7 Å². The van der Waals surface area contributed by atoms with Crippen molar-refractivity contribution in [3.05, 3.63) is 77.0 Å². The topological polar surface area (TPSA) is 225 Å². The fourth-order valence-corrected chi connectivity index (χ4v) is 4.78. The molecular formula is C30H26ClF6N9O7. The molecule has 1 fully saturated rings. The molecular weight excluding hydrogens is 748 g/mol. The van der Waals surface area contributed by atoms with Gasteiger partial charge in [0.05, 0.1) is 24.3 Å². The summed E-state index contributed by atoms with van der Waals surface area (Å²) in [6.45, 7) is 0.910. The lowest BCUT2D eigenvalue weighted by molar-refractivity contribution is -0.193. The maximum Gasteiger partial charge on any atom is 0.490 e.